The van der Waals surface area contributed by atoms with Gasteiger partial charge in [0.2, 0.25) is 0 Å². The van der Waals surface area contributed by atoms with E-state index in [0.717, 1.165) is 31.2 Å². The third-order valence-corrected chi connectivity index (χ3v) is 8.24. The first-order valence-electron chi connectivity index (χ1n) is 13.8. The fraction of sp³-hybridized carbons (Fsp3) is 0.586. The molecular formula is C29H40N2O9. The number of carbonyl (C=O) groups excluding carboxylic acids is 2. The summed E-state index contributed by atoms with van der Waals surface area (Å²) in [5, 5.41) is 43.8. The summed E-state index contributed by atoms with van der Waals surface area (Å²) in [5.41, 5.74) is 1.09. The molecule has 8 unspecified atom stereocenters. The predicted molar refractivity (Wildman–Crippen MR) is 146 cm³/mol. The summed E-state index contributed by atoms with van der Waals surface area (Å²) in [7, 11) is 2.96. The fourth-order valence-corrected chi connectivity index (χ4v) is 6.09. The van der Waals surface area contributed by atoms with E-state index in [4.69, 9.17) is 14.2 Å². The van der Waals surface area contributed by atoms with Gasteiger partial charge in [-0.25, -0.2) is 0 Å². The lowest BCUT2D eigenvalue weighted by atomic mass is 9.87. The fourth-order valence-electron chi connectivity index (χ4n) is 6.09. The molecule has 0 radical (unpaired) electrons. The molecule has 1 aliphatic heterocycles. The lowest BCUT2D eigenvalue weighted by Gasteiger charge is -2.40. The van der Waals surface area contributed by atoms with Crippen molar-refractivity contribution in [3.63, 3.8) is 0 Å². The molecule has 40 heavy (non-hydrogen) atoms. The van der Waals surface area contributed by atoms with Crippen LogP contribution >= 0.6 is 0 Å². The Kier molecular flexibility index (Phi) is 9.85. The highest BCUT2D eigenvalue weighted by atomic mass is 16.6. The van der Waals surface area contributed by atoms with Crippen LogP contribution in [-0.2, 0) is 14.3 Å². The molecule has 4 rings (SSSR count). The van der Waals surface area contributed by atoms with Crippen molar-refractivity contribution in [1.29, 1.82) is 0 Å². The molecule has 2 heterocycles. The van der Waals surface area contributed by atoms with E-state index >= 15 is 0 Å². The van der Waals surface area contributed by atoms with Crippen LogP contribution in [0.1, 0.15) is 55.4 Å². The topological polar surface area (TPSA) is 160 Å². The predicted octanol–water partition coefficient (Wildman–Crippen LogP) is 1.67. The van der Waals surface area contributed by atoms with Crippen LogP contribution in [0.5, 0.6) is 5.75 Å². The van der Waals surface area contributed by atoms with Gasteiger partial charge in [0, 0.05) is 30.1 Å². The number of aliphatic hydroxyl groups is 4. The third kappa shape index (κ3) is 6.03. The van der Waals surface area contributed by atoms with Crippen LogP contribution in [0.25, 0.3) is 10.9 Å². The Balaban J connectivity index is 1.69. The molecule has 0 bridgehead atoms. The number of aliphatic hydroxyl groups excluding tert-OH is 4. The van der Waals surface area contributed by atoms with E-state index < -0.39 is 43.2 Å². The first kappa shape index (κ1) is 30.0. The number of allylic oxidation sites excluding steroid dienone is 2. The zero-order valence-corrected chi connectivity index (χ0v) is 23.1. The van der Waals surface area contributed by atoms with Crippen molar-refractivity contribution in [2.45, 2.75) is 75.7 Å². The molecule has 220 valence electrons. The number of methoxy groups -OCH3 is 2. The Bertz CT molecular complexity index is 1210. The van der Waals surface area contributed by atoms with Crippen LogP contribution in [0.15, 0.2) is 36.5 Å². The second-order valence-electron chi connectivity index (χ2n) is 10.5. The summed E-state index contributed by atoms with van der Waals surface area (Å²) in [4.78, 5) is 25.7. The number of benzene rings is 1. The molecule has 1 aromatic heterocycles. The minimum Gasteiger partial charge on any atom is -0.497 e. The number of hydrogen-bond acceptors (Lipinski definition) is 9. The average Bonchev–Trinajstić information content (AvgIpc) is 3.53. The maximum atomic E-state index is 13.6. The summed E-state index contributed by atoms with van der Waals surface area (Å²) in [5.74, 6) is 0.0500. The van der Waals surface area contributed by atoms with Gasteiger partial charge in [0.15, 0.2) is 6.29 Å². The second kappa shape index (κ2) is 13.1. The molecule has 2 aliphatic rings. The Morgan fingerprint density at radius 3 is 2.60 bits per heavy atom. The van der Waals surface area contributed by atoms with E-state index in [2.05, 4.69) is 29.0 Å². The number of amides is 1. The monoisotopic (exact) mass is 560 g/mol. The molecule has 1 aromatic carbocycles. The normalized spacial score (nSPS) is 30.6. The van der Waals surface area contributed by atoms with Gasteiger partial charge in [0.25, 0.3) is 5.91 Å². The number of carbonyl (C=O) groups is 2. The van der Waals surface area contributed by atoms with Crippen LogP contribution in [0.3, 0.4) is 0 Å². The first-order valence-corrected chi connectivity index (χ1v) is 13.8. The summed E-state index contributed by atoms with van der Waals surface area (Å²) in [6, 6.07) is 4.08. The quantitative estimate of drug-likeness (QED) is 0.215. The Hall–Kier alpha value is -2.96. The van der Waals surface area contributed by atoms with Gasteiger partial charge in [-0.3, -0.25) is 9.59 Å². The van der Waals surface area contributed by atoms with E-state index in [0.29, 0.717) is 23.1 Å². The lowest BCUT2D eigenvalue weighted by molar-refractivity contribution is -0.252. The second-order valence-corrected chi connectivity index (χ2v) is 10.5. The minimum absolute atomic E-state index is 0.00588. The minimum atomic E-state index is -1.63. The van der Waals surface area contributed by atoms with Crippen molar-refractivity contribution >= 4 is 22.8 Å². The van der Waals surface area contributed by atoms with E-state index in [1.165, 1.54) is 7.11 Å². The number of esters is 1. The largest absolute Gasteiger partial charge is 0.497 e. The molecule has 11 heteroatoms. The van der Waals surface area contributed by atoms with Crippen LogP contribution < -0.4 is 10.1 Å². The van der Waals surface area contributed by atoms with E-state index in [9.17, 15) is 30.0 Å². The lowest BCUT2D eigenvalue weighted by Crippen LogP contribution is -2.64. The van der Waals surface area contributed by atoms with Gasteiger partial charge in [0.1, 0.15) is 30.1 Å². The van der Waals surface area contributed by atoms with Crippen LogP contribution in [0.4, 0.5) is 0 Å². The van der Waals surface area contributed by atoms with Gasteiger partial charge in [-0.05, 0) is 49.7 Å². The van der Waals surface area contributed by atoms with Gasteiger partial charge >= 0.3 is 5.97 Å². The Labute approximate surface area is 233 Å². The summed E-state index contributed by atoms with van der Waals surface area (Å²) < 4.78 is 17.7. The number of nitrogens with one attached hydrogen (secondary N) is 1. The maximum Gasteiger partial charge on any atom is 0.305 e. The van der Waals surface area contributed by atoms with Crippen molar-refractivity contribution in [2.24, 2.45) is 11.8 Å². The number of aromatic nitrogens is 1. The number of nitrogens with zero attached hydrogens (tertiary/aromatic N) is 1. The van der Waals surface area contributed by atoms with Gasteiger partial charge in [-0.2, -0.15) is 0 Å². The van der Waals surface area contributed by atoms with Crippen molar-refractivity contribution in [3.05, 3.63) is 42.1 Å². The molecule has 0 spiro atoms. The van der Waals surface area contributed by atoms with Gasteiger partial charge in [-0.15, -0.1) is 0 Å². The molecule has 1 aliphatic carbocycles. The summed E-state index contributed by atoms with van der Waals surface area (Å²) >= 11 is 0. The van der Waals surface area contributed by atoms with E-state index in [-0.39, 0.29) is 23.8 Å². The van der Waals surface area contributed by atoms with E-state index in [1.807, 2.05) is 6.07 Å². The number of hydrogen-bond donors (Lipinski definition) is 5. The summed E-state index contributed by atoms with van der Waals surface area (Å²) in [6.45, 7) is 1.47. The first-order chi connectivity index (χ1) is 19.2. The van der Waals surface area contributed by atoms with E-state index in [1.54, 1.807) is 25.4 Å². The highest BCUT2D eigenvalue weighted by molar-refractivity contribution is 6.07. The van der Waals surface area contributed by atoms with Gasteiger partial charge in [0.05, 0.1) is 31.9 Å². The van der Waals surface area contributed by atoms with Crippen molar-refractivity contribution < 1.29 is 44.2 Å². The van der Waals surface area contributed by atoms with Gasteiger partial charge < -0.3 is 44.5 Å². The van der Waals surface area contributed by atoms with Crippen LogP contribution in [0.2, 0.25) is 0 Å². The average molecular weight is 561 g/mol. The maximum absolute atomic E-state index is 13.6. The van der Waals surface area contributed by atoms with Gasteiger partial charge in [-0.1, -0.05) is 19.1 Å². The molecule has 1 amide bonds. The number of rotatable bonds is 10. The number of ether oxygens (including phenoxy) is 3. The zero-order chi connectivity index (χ0) is 29.0. The zero-order valence-electron chi connectivity index (χ0n) is 23.1. The Morgan fingerprint density at radius 2 is 1.93 bits per heavy atom. The molecule has 2 fully saturated rings. The van der Waals surface area contributed by atoms with Crippen molar-refractivity contribution in [2.75, 3.05) is 20.8 Å². The molecule has 1 saturated heterocycles. The van der Waals surface area contributed by atoms with Crippen molar-refractivity contribution in [1.82, 2.24) is 9.88 Å². The SMILES string of the molecule is CC/C=C\CC1C(CC(=O)OC)CCC1n1cc(C(=O)NC2C(O)OC(CO)C(O)C2O)c2ccc(OC)cc21. The highest BCUT2D eigenvalue weighted by Gasteiger charge is 2.45. The molecule has 5 N–H and O–H groups in total. The van der Waals surface area contributed by atoms with Crippen LogP contribution in [0, 0.1) is 11.8 Å². The number of fused-ring (bicyclic) bond motifs is 1. The highest BCUT2D eigenvalue weighted by Crippen LogP contribution is 2.46. The molecule has 11 nitrogen and oxygen atoms in total. The Morgan fingerprint density at radius 1 is 1.15 bits per heavy atom. The summed E-state index contributed by atoms with van der Waals surface area (Å²) in [6.07, 6.45) is 3.79. The standard InChI is InChI=1S/C29H40N2O9/c1-4-5-6-7-18-16(12-24(33)39-3)8-11-21(18)31-14-20(19-10-9-17(38-2)13-22(19)31)28(36)30-25-27(35)26(34)23(15-32)40-29(25)37/h5-6,9-10,13-14,16,18,21,23,25-27,29,32,34-35,37H,4,7-8,11-12,15H2,1-3H3,(H,30,36)/b6-5-. The molecular weight excluding hydrogens is 520 g/mol. The smallest absolute Gasteiger partial charge is 0.305 e. The van der Waals surface area contributed by atoms with Crippen LogP contribution in [-0.4, -0.2) is 88.3 Å². The van der Waals surface area contributed by atoms with Crippen molar-refractivity contribution in [3.8, 4) is 5.75 Å². The third-order valence-electron chi connectivity index (χ3n) is 8.24. The molecule has 8 atom stereocenters. The molecule has 2 aromatic rings. The molecule has 1 saturated carbocycles.